The van der Waals surface area contributed by atoms with Gasteiger partial charge in [-0.15, -0.1) is 0 Å². The molecule has 27 heavy (non-hydrogen) atoms. The van der Waals surface area contributed by atoms with E-state index in [0.29, 0.717) is 49.5 Å². The van der Waals surface area contributed by atoms with Crippen molar-refractivity contribution >= 4 is 5.91 Å². The summed E-state index contributed by atoms with van der Waals surface area (Å²) >= 11 is 0. The van der Waals surface area contributed by atoms with Crippen LogP contribution in [0.25, 0.3) is 11.4 Å². The number of benzene rings is 1. The zero-order valence-electron chi connectivity index (χ0n) is 15.9. The van der Waals surface area contributed by atoms with E-state index in [2.05, 4.69) is 15.0 Å². The average molecular weight is 370 g/mol. The normalized spacial score (nSPS) is 20.7. The van der Waals surface area contributed by atoms with Crippen LogP contribution in [0.3, 0.4) is 0 Å². The van der Waals surface area contributed by atoms with E-state index in [4.69, 9.17) is 9.26 Å². The van der Waals surface area contributed by atoms with Gasteiger partial charge in [0.05, 0.1) is 13.2 Å². The summed E-state index contributed by atoms with van der Waals surface area (Å²) in [6.07, 6.45) is 2.26. The van der Waals surface area contributed by atoms with Crippen molar-refractivity contribution in [3.8, 4) is 11.4 Å². The summed E-state index contributed by atoms with van der Waals surface area (Å²) in [7, 11) is 4.09. The molecule has 0 bridgehead atoms. The molecular weight excluding hydrogens is 344 g/mol. The van der Waals surface area contributed by atoms with Crippen LogP contribution in [0.15, 0.2) is 28.8 Å². The number of carbonyl (C=O) groups excluding carboxylic acids is 1. The van der Waals surface area contributed by atoms with Crippen molar-refractivity contribution in [3.05, 3.63) is 35.7 Å². The highest BCUT2D eigenvalue weighted by molar-refractivity contribution is 5.94. The van der Waals surface area contributed by atoms with Crippen molar-refractivity contribution in [2.75, 3.05) is 46.9 Å². The summed E-state index contributed by atoms with van der Waals surface area (Å²) in [5.41, 5.74) is 1.54. The lowest BCUT2D eigenvalue weighted by atomic mass is 10.1. The smallest absolute Gasteiger partial charge is 0.253 e. The van der Waals surface area contributed by atoms with Gasteiger partial charge in [0.1, 0.15) is 0 Å². The second-order valence-electron chi connectivity index (χ2n) is 7.76. The summed E-state index contributed by atoms with van der Waals surface area (Å²) in [6.45, 7) is 3.53. The van der Waals surface area contributed by atoms with Gasteiger partial charge >= 0.3 is 0 Å². The van der Waals surface area contributed by atoms with Gasteiger partial charge in [-0.05, 0) is 39.1 Å². The maximum Gasteiger partial charge on any atom is 0.253 e. The molecule has 1 amide bonds. The summed E-state index contributed by atoms with van der Waals surface area (Å²) in [6, 6.07) is 7.47. The quantitative estimate of drug-likeness (QED) is 0.804. The van der Waals surface area contributed by atoms with Crippen molar-refractivity contribution in [3.63, 3.8) is 0 Å². The summed E-state index contributed by atoms with van der Waals surface area (Å²) in [5, 5.41) is 4.06. The number of carbonyl (C=O) groups is 1. The number of hydrogen-bond donors (Lipinski definition) is 0. The Morgan fingerprint density at radius 3 is 2.74 bits per heavy atom. The molecular formula is C20H26N4O3. The molecule has 2 aromatic rings. The topological polar surface area (TPSA) is 71.7 Å². The highest BCUT2D eigenvalue weighted by atomic mass is 16.5. The molecule has 2 heterocycles. The monoisotopic (exact) mass is 370 g/mol. The van der Waals surface area contributed by atoms with Crippen LogP contribution in [-0.4, -0.2) is 72.8 Å². The first-order valence-corrected chi connectivity index (χ1v) is 9.56. The second-order valence-corrected chi connectivity index (χ2v) is 7.76. The molecule has 0 spiro atoms. The highest BCUT2D eigenvalue weighted by Gasteiger charge is 2.30. The zero-order valence-corrected chi connectivity index (χ0v) is 15.9. The Bertz CT molecular complexity index is 783. The van der Waals surface area contributed by atoms with E-state index in [0.717, 1.165) is 30.8 Å². The Kier molecular flexibility index (Phi) is 5.22. The van der Waals surface area contributed by atoms with E-state index < -0.39 is 0 Å². The molecule has 0 unspecified atom stereocenters. The molecule has 1 aromatic heterocycles. The van der Waals surface area contributed by atoms with Crippen LogP contribution in [0.2, 0.25) is 0 Å². The molecule has 1 aromatic carbocycles. The van der Waals surface area contributed by atoms with Crippen LogP contribution in [0.5, 0.6) is 0 Å². The number of rotatable bonds is 5. The van der Waals surface area contributed by atoms with Crippen LogP contribution < -0.4 is 0 Å². The molecule has 0 radical (unpaired) electrons. The lowest BCUT2D eigenvalue weighted by Crippen LogP contribution is -2.38. The predicted octanol–water partition coefficient (Wildman–Crippen LogP) is 2.26. The van der Waals surface area contributed by atoms with Gasteiger partial charge in [-0.2, -0.15) is 4.98 Å². The Morgan fingerprint density at radius 1 is 1.26 bits per heavy atom. The zero-order chi connectivity index (χ0) is 18.8. The van der Waals surface area contributed by atoms with Gasteiger partial charge < -0.3 is 19.1 Å². The SMILES string of the molecule is CN(C)C[C@H]1COCCN(C(=O)c2ccc(-c3noc(C4CC4)n3)cc2)C1. The minimum atomic E-state index is 0.0441. The number of nitrogens with zero attached hydrogens (tertiary/aromatic N) is 4. The summed E-state index contributed by atoms with van der Waals surface area (Å²) < 4.78 is 11.0. The Hall–Kier alpha value is -2.25. The molecule has 1 atom stereocenters. The summed E-state index contributed by atoms with van der Waals surface area (Å²) in [4.78, 5) is 21.4. The molecule has 0 N–H and O–H groups in total. The number of aromatic nitrogens is 2. The first-order chi connectivity index (χ1) is 13.1. The molecule has 1 aliphatic heterocycles. The first-order valence-electron chi connectivity index (χ1n) is 9.56. The fourth-order valence-electron chi connectivity index (χ4n) is 3.48. The summed E-state index contributed by atoms with van der Waals surface area (Å²) in [5.74, 6) is 2.12. The maximum atomic E-state index is 12.9. The average Bonchev–Trinajstić information content (AvgIpc) is 3.44. The molecule has 144 valence electrons. The lowest BCUT2D eigenvalue weighted by Gasteiger charge is -2.25. The van der Waals surface area contributed by atoms with Gasteiger partial charge in [-0.1, -0.05) is 17.3 Å². The lowest BCUT2D eigenvalue weighted by molar-refractivity contribution is 0.0735. The molecule has 1 saturated carbocycles. The molecule has 1 saturated heterocycles. The fraction of sp³-hybridized carbons (Fsp3) is 0.550. The van der Waals surface area contributed by atoms with Crippen molar-refractivity contribution < 1.29 is 14.1 Å². The third-order valence-electron chi connectivity index (χ3n) is 5.01. The molecule has 2 fully saturated rings. The Labute approximate surface area is 159 Å². The van der Waals surface area contributed by atoms with E-state index in [9.17, 15) is 4.79 Å². The van der Waals surface area contributed by atoms with E-state index in [1.54, 1.807) is 0 Å². The van der Waals surface area contributed by atoms with Gasteiger partial charge in [0, 0.05) is 42.6 Å². The third-order valence-corrected chi connectivity index (χ3v) is 5.01. The molecule has 2 aliphatic rings. The van der Waals surface area contributed by atoms with Gasteiger partial charge in [-0.25, -0.2) is 0 Å². The first kappa shape index (κ1) is 18.1. The van der Waals surface area contributed by atoms with E-state index in [1.165, 1.54) is 0 Å². The van der Waals surface area contributed by atoms with Crippen molar-refractivity contribution in [2.45, 2.75) is 18.8 Å². The minimum Gasteiger partial charge on any atom is -0.379 e. The fourth-order valence-corrected chi connectivity index (χ4v) is 3.48. The van der Waals surface area contributed by atoms with Gasteiger partial charge in [0.15, 0.2) is 0 Å². The number of hydrogen-bond acceptors (Lipinski definition) is 6. The minimum absolute atomic E-state index is 0.0441. The standard InChI is InChI=1S/C20H26N4O3/c1-23(2)11-14-12-24(9-10-26-13-14)20(25)17-7-3-15(4-8-17)18-21-19(27-22-18)16-5-6-16/h3-4,7-8,14,16H,5-6,9-13H2,1-2H3/t14-/m1/s1. The Balaban J connectivity index is 1.44. The number of amides is 1. The largest absolute Gasteiger partial charge is 0.379 e. The predicted molar refractivity (Wildman–Crippen MR) is 100 cm³/mol. The maximum absolute atomic E-state index is 12.9. The van der Waals surface area contributed by atoms with Crippen molar-refractivity contribution in [2.24, 2.45) is 5.92 Å². The Morgan fingerprint density at radius 2 is 2.04 bits per heavy atom. The molecule has 4 rings (SSSR count). The van der Waals surface area contributed by atoms with Gasteiger partial charge in [0.25, 0.3) is 5.91 Å². The van der Waals surface area contributed by atoms with Crippen LogP contribution in [-0.2, 0) is 4.74 Å². The molecule has 7 nitrogen and oxygen atoms in total. The van der Waals surface area contributed by atoms with Crippen LogP contribution in [0.4, 0.5) is 0 Å². The molecule has 1 aliphatic carbocycles. The van der Waals surface area contributed by atoms with Crippen LogP contribution >= 0.6 is 0 Å². The van der Waals surface area contributed by atoms with Gasteiger partial charge in [-0.3, -0.25) is 4.79 Å². The van der Waals surface area contributed by atoms with E-state index in [-0.39, 0.29) is 5.91 Å². The number of ether oxygens (including phenoxy) is 1. The van der Waals surface area contributed by atoms with Gasteiger partial charge in [0.2, 0.25) is 11.7 Å². The second kappa shape index (κ2) is 7.78. The molecule has 7 heteroatoms. The van der Waals surface area contributed by atoms with Crippen molar-refractivity contribution in [1.82, 2.24) is 19.9 Å². The van der Waals surface area contributed by atoms with Crippen molar-refractivity contribution in [1.29, 1.82) is 0 Å². The van der Waals surface area contributed by atoms with Crippen LogP contribution in [0.1, 0.15) is 35.0 Å². The van der Waals surface area contributed by atoms with E-state index >= 15 is 0 Å². The highest BCUT2D eigenvalue weighted by Crippen LogP contribution is 2.39. The van der Waals surface area contributed by atoms with Crippen LogP contribution in [0, 0.1) is 5.92 Å². The third kappa shape index (κ3) is 4.36. The van der Waals surface area contributed by atoms with E-state index in [1.807, 2.05) is 43.3 Å².